The van der Waals surface area contributed by atoms with Crippen LogP contribution in [0, 0.1) is 12.3 Å². The molecule has 0 fully saturated rings. The first-order valence-electron chi connectivity index (χ1n) is 7.21. The average molecular weight is 315 g/mol. The fourth-order valence-electron chi connectivity index (χ4n) is 1.96. The monoisotopic (exact) mass is 315 g/mol. The van der Waals surface area contributed by atoms with E-state index in [4.69, 9.17) is 14.9 Å². The molecular weight excluding hydrogens is 296 g/mol. The lowest BCUT2D eigenvalue weighted by atomic mass is 10.2. The maximum absolute atomic E-state index is 9.13. The van der Waals surface area contributed by atoms with Gasteiger partial charge in [0.25, 0.3) is 0 Å². The van der Waals surface area contributed by atoms with Gasteiger partial charge in [0, 0.05) is 11.0 Å². The summed E-state index contributed by atoms with van der Waals surface area (Å²) in [6.07, 6.45) is 0. The molecule has 114 valence electrons. The summed E-state index contributed by atoms with van der Waals surface area (Å²) in [5.41, 5.74) is 1.59. The Kier molecular flexibility index (Phi) is 5.68. The lowest BCUT2D eigenvalue weighted by Gasteiger charge is -2.11. The minimum Gasteiger partial charge on any atom is -0.492 e. The molecule has 0 aliphatic rings. The molecule has 4 nitrogen and oxygen atoms in total. The third-order valence-electron chi connectivity index (χ3n) is 2.98. The van der Waals surface area contributed by atoms with Crippen LogP contribution in [0.5, 0.6) is 11.5 Å². The van der Waals surface area contributed by atoms with Crippen molar-refractivity contribution in [2.75, 3.05) is 13.2 Å². The van der Waals surface area contributed by atoms with E-state index in [1.54, 1.807) is 17.8 Å². The van der Waals surface area contributed by atoms with Crippen molar-refractivity contribution in [2.45, 2.75) is 30.6 Å². The number of ether oxygens (including phenoxy) is 2. The average Bonchev–Trinajstić information content (AvgIpc) is 2.52. The number of hydrogen-bond donors (Lipinski definition) is 0. The quantitative estimate of drug-likeness (QED) is 0.667. The van der Waals surface area contributed by atoms with Crippen LogP contribution in [0.3, 0.4) is 0 Å². The lowest BCUT2D eigenvalue weighted by molar-refractivity contribution is 0.325. The van der Waals surface area contributed by atoms with E-state index in [0.29, 0.717) is 30.4 Å². The van der Waals surface area contributed by atoms with E-state index >= 15 is 0 Å². The standard InChI is InChI=1S/C17H19N2O2S/c1-4-20-15-11-17(16(21-5-2)10-14(15)19-18)22-13-8-6-12(3)7-9-13/h6-11H,4-5H2,1-3H3/q+1. The topological polar surface area (TPSA) is 46.6 Å². The number of nitrogens with zero attached hydrogens (tertiary/aromatic N) is 2. The van der Waals surface area contributed by atoms with Crippen LogP contribution in [0.4, 0.5) is 5.69 Å². The minimum atomic E-state index is 0.374. The van der Waals surface area contributed by atoms with Gasteiger partial charge in [0.2, 0.25) is 11.1 Å². The van der Waals surface area contributed by atoms with Gasteiger partial charge in [0.1, 0.15) is 5.75 Å². The molecule has 0 unspecified atom stereocenters. The van der Waals surface area contributed by atoms with Crippen molar-refractivity contribution in [1.82, 2.24) is 0 Å². The largest absolute Gasteiger partial charge is 0.492 e. The molecule has 0 saturated heterocycles. The zero-order valence-electron chi connectivity index (χ0n) is 13.0. The van der Waals surface area contributed by atoms with Gasteiger partial charge in [-0.1, -0.05) is 29.5 Å². The summed E-state index contributed by atoms with van der Waals surface area (Å²) in [6.45, 7) is 6.92. The molecule has 2 aromatic rings. The van der Waals surface area contributed by atoms with Gasteiger partial charge in [0.15, 0.2) is 4.98 Å². The zero-order valence-corrected chi connectivity index (χ0v) is 13.8. The van der Waals surface area contributed by atoms with E-state index in [9.17, 15) is 0 Å². The van der Waals surface area contributed by atoms with Gasteiger partial charge in [-0.15, -0.1) is 0 Å². The van der Waals surface area contributed by atoms with Crippen LogP contribution in [0.25, 0.3) is 4.98 Å². The molecule has 0 atom stereocenters. The van der Waals surface area contributed by atoms with Gasteiger partial charge in [0.05, 0.1) is 24.2 Å². The number of hydrogen-bond acceptors (Lipinski definition) is 4. The van der Waals surface area contributed by atoms with Crippen molar-refractivity contribution in [3.8, 4) is 11.5 Å². The summed E-state index contributed by atoms with van der Waals surface area (Å²) in [5, 5.41) is 9.13. The molecule has 0 aliphatic carbocycles. The second-order valence-electron chi connectivity index (χ2n) is 4.65. The first kappa shape index (κ1) is 16.2. The molecule has 0 amide bonds. The Morgan fingerprint density at radius 1 is 1.00 bits per heavy atom. The number of aryl methyl sites for hydroxylation is 1. The predicted octanol–water partition coefficient (Wildman–Crippen LogP) is 5.43. The van der Waals surface area contributed by atoms with Crippen molar-refractivity contribution < 1.29 is 9.47 Å². The van der Waals surface area contributed by atoms with Crippen molar-refractivity contribution in [3.05, 3.63) is 46.9 Å². The molecule has 0 spiro atoms. The summed E-state index contributed by atoms with van der Waals surface area (Å²) >= 11 is 1.59. The van der Waals surface area contributed by atoms with E-state index in [-0.39, 0.29) is 0 Å². The second kappa shape index (κ2) is 7.71. The van der Waals surface area contributed by atoms with Gasteiger partial charge in [-0.05, 0) is 32.9 Å². The molecule has 5 heteroatoms. The highest BCUT2D eigenvalue weighted by molar-refractivity contribution is 7.99. The van der Waals surface area contributed by atoms with Gasteiger partial charge in [-0.3, -0.25) is 0 Å². The molecule has 0 radical (unpaired) electrons. The number of rotatable bonds is 6. The Bertz CT molecular complexity index is 678. The van der Waals surface area contributed by atoms with Crippen LogP contribution in [0.1, 0.15) is 19.4 Å². The van der Waals surface area contributed by atoms with Crippen LogP contribution in [0.2, 0.25) is 0 Å². The Morgan fingerprint density at radius 3 is 2.23 bits per heavy atom. The SMILES string of the molecule is CCOc1cc(Sc2ccc(C)cc2)c(OCC)cc1[N+]#N. The molecule has 0 N–H and O–H groups in total. The third-order valence-corrected chi connectivity index (χ3v) is 4.03. The van der Waals surface area contributed by atoms with Crippen LogP contribution in [0.15, 0.2) is 46.2 Å². The summed E-state index contributed by atoms with van der Waals surface area (Å²) in [5.74, 6) is 1.23. The van der Waals surface area contributed by atoms with Crippen LogP contribution >= 0.6 is 11.8 Å². The number of diazo groups is 1. The Hall–Kier alpha value is -2.19. The Balaban J connectivity index is 2.40. The Labute approximate surface area is 135 Å². The summed E-state index contributed by atoms with van der Waals surface area (Å²) < 4.78 is 11.2. The summed E-state index contributed by atoms with van der Waals surface area (Å²) in [4.78, 5) is 5.32. The smallest absolute Gasteiger partial charge is 0.430 e. The maximum atomic E-state index is 9.13. The first-order valence-corrected chi connectivity index (χ1v) is 8.02. The lowest BCUT2D eigenvalue weighted by Crippen LogP contribution is -1.96. The van der Waals surface area contributed by atoms with E-state index in [1.165, 1.54) is 5.56 Å². The van der Waals surface area contributed by atoms with Gasteiger partial charge in [-0.2, -0.15) is 0 Å². The van der Waals surface area contributed by atoms with E-state index in [2.05, 4.69) is 36.2 Å². The third kappa shape index (κ3) is 3.92. The van der Waals surface area contributed by atoms with Crippen molar-refractivity contribution in [1.29, 1.82) is 5.39 Å². The number of benzene rings is 2. The molecule has 0 saturated carbocycles. The van der Waals surface area contributed by atoms with Gasteiger partial charge >= 0.3 is 5.69 Å². The van der Waals surface area contributed by atoms with Crippen LogP contribution in [-0.4, -0.2) is 13.2 Å². The highest BCUT2D eigenvalue weighted by atomic mass is 32.2. The van der Waals surface area contributed by atoms with E-state index < -0.39 is 0 Å². The van der Waals surface area contributed by atoms with E-state index in [1.807, 2.05) is 19.9 Å². The van der Waals surface area contributed by atoms with Crippen molar-refractivity contribution in [2.24, 2.45) is 0 Å². The Morgan fingerprint density at radius 2 is 1.64 bits per heavy atom. The molecular formula is C17H19N2O2S+. The fraction of sp³-hybridized carbons (Fsp3) is 0.294. The zero-order chi connectivity index (χ0) is 15.9. The van der Waals surface area contributed by atoms with Crippen molar-refractivity contribution in [3.63, 3.8) is 0 Å². The maximum Gasteiger partial charge on any atom is 0.430 e. The first-order chi connectivity index (χ1) is 10.7. The van der Waals surface area contributed by atoms with Gasteiger partial charge in [-0.25, -0.2) is 0 Å². The molecule has 2 rings (SSSR count). The summed E-state index contributed by atoms with van der Waals surface area (Å²) in [7, 11) is 0. The van der Waals surface area contributed by atoms with Gasteiger partial charge < -0.3 is 9.47 Å². The highest BCUT2D eigenvalue weighted by Gasteiger charge is 2.21. The predicted molar refractivity (Wildman–Crippen MR) is 88.8 cm³/mol. The fourth-order valence-corrected chi connectivity index (χ4v) is 2.87. The molecule has 0 aliphatic heterocycles. The highest BCUT2D eigenvalue weighted by Crippen LogP contribution is 2.42. The molecule has 0 heterocycles. The van der Waals surface area contributed by atoms with Crippen LogP contribution < -0.4 is 9.47 Å². The molecule has 2 aromatic carbocycles. The molecule has 22 heavy (non-hydrogen) atoms. The molecule has 0 bridgehead atoms. The van der Waals surface area contributed by atoms with Crippen molar-refractivity contribution >= 4 is 17.4 Å². The minimum absolute atomic E-state index is 0.374. The molecule has 0 aromatic heterocycles. The van der Waals surface area contributed by atoms with E-state index in [0.717, 1.165) is 9.79 Å². The van der Waals surface area contributed by atoms with Crippen LogP contribution in [-0.2, 0) is 0 Å². The second-order valence-corrected chi connectivity index (χ2v) is 5.76. The summed E-state index contributed by atoms with van der Waals surface area (Å²) in [6, 6.07) is 11.8. The normalized spacial score (nSPS) is 10.1.